The zero-order valence-electron chi connectivity index (χ0n) is 27.1. The summed E-state index contributed by atoms with van der Waals surface area (Å²) in [7, 11) is 0. The van der Waals surface area contributed by atoms with Gasteiger partial charge in [0.1, 0.15) is 0 Å². The molecule has 0 fully saturated rings. The van der Waals surface area contributed by atoms with E-state index in [-0.39, 0.29) is 0 Å². The van der Waals surface area contributed by atoms with Crippen LogP contribution in [0.15, 0.2) is 0 Å². The molecule has 0 bridgehead atoms. The molecule has 0 aromatic heterocycles. The normalized spacial score (nSPS) is 13.3. The third-order valence-electron chi connectivity index (χ3n) is 8.99. The lowest BCUT2D eigenvalue weighted by Crippen LogP contribution is -1.95. The Balaban J connectivity index is 3.17. The predicted molar refractivity (Wildman–Crippen MR) is 173 cm³/mol. The van der Waals surface area contributed by atoms with Gasteiger partial charge in [0.15, 0.2) is 0 Å². The molecule has 0 saturated heterocycles. The van der Waals surface area contributed by atoms with Crippen molar-refractivity contribution in [3.05, 3.63) is 0 Å². The van der Waals surface area contributed by atoms with Crippen molar-refractivity contribution >= 4 is 0 Å². The molecule has 0 heterocycles. The maximum absolute atomic E-state index is 2.51. The van der Waals surface area contributed by atoms with Crippen molar-refractivity contribution < 1.29 is 0 Å². The number of hydrogen-bond acceptors (Lipinski definition) is 0. The van der Waals surface area contributed by atoms with Crippen LogP contribution < -0.4 is 0 Å². The fraction of sp³-hybridized carbons (Fsp3) is 1.00. The van der Waals surface area contributed by atoms with Gasteiger partial charge < -0.3 is 0 Å². The van der Waals surface area contributed by atoms with Gasteiger partial charge in [-0.3, -0.25) is 0 Å². The fourth-order valence-electron chi connectivity index (χ4n) is 6.11. The average Bonchev–Trinajstić information content (AvgIpc) is 2.90. The van der Waals surface area contributed by atoms with Gasteiger partial charge in [0.05, 0.1) is 0 Å². The van der Waals surface area contributed by atoms with E-state index in [4.69, 9.17) is 0 Å². The van der Waals surface area contributed by atoms with Crippen LogP contribution in [0.4, 0.5) is 0 Å². The maximum atomic E-state index is 2.51. The van der Waals surface area contributed by atoms with Crippen LogP contribution in [0, 0.1) is 11.8 Å². The molecule has 0 spiro atoms. The van der Waals surface area contributed by atoms with Crippen LogP contribution in [0.3, 0.4) is 0 Å². The number of rotatable bonds is 32. The van der Waals surface area contributed by atoms with E-state index in [9.17, 15) is 0 Å². The highest BCUT2D eigenvalue weighted by molar-refractivity contribution is 4.57. The molecule has 2 unspecified atom stereocenters. The molecule has 0 nitrogen and oxygen atoms in total. The minimum atomic E-state index is 0.965. The van der Waals surface area contributed by atoms with E-state index in [2.05, 4.69) is 27.7 Å². The number of hydrogen-bond donors (Lipinski definition) is 0. The third-order valence-corrected chi connectivity index (χ3v) is 8.99. The highest BCUT2D eigenvalue weighted by Crippen LogP contribution is 2.20. The first-order valence-electron chi connectivity index (χ1n) is 18.2. The molecule has 0 aromatic rings. The van der Waals surface area contributed by atoms with Crippen molar-refractivity contribution in [1.29, 1.82) is 0 Å². The van der Waals surface area contributed by atoms with E-state index >= 15 is 0 Å². The first-order chi connectivity index (χ1) is 18.2. The second-order valence-electron chi connectivity index (χ2n) is 13.2. The summed E-state index contributed by atoms with van der Waals surface area (Å²) in [5.74, 6) is 1.93. The Bertz CT molecular complexity index is 385. The summed E-state index contributed by atoms with van der Waals surface area (Å²) >= 11 is 0. The highest BCUT2D eigenvalue weighted by Gasteiger charge is 2.03. The smallest absolute Gasteiger partial charge is 0.0443 e. The quantitative estimate of drug-likeness (QED) is 0.0773. The molecule has 2 atom stereocenters. The SMILES string of the molecule is CCCCCCCCCCCCCCCCC(C)CCCCCCCCCCCCCC(C)CCCC. The lowest BCUT2D eigenvalue weighted by atomic mass is 9.95. The van der Waals surface area contributed by atoms with Gasteiger partial charge in [-0.1, -0.05) is 227 Å². The van der Waals surface area contributed by atoms with Crippen LogP contribution in [0.25, 0.3) is 0 Å². The van der Waals surface area contributed by atoms with Crippen molar-refractivity contribution in [2.45, 2.75) is 227 Å². The van der Waals surface area contributed by atoms with Gasteiger partial charge in [0, 0.05) is 0 Å². The van der Waals surface area contributed by atoms with Gasteiger partial charge in [-0.15, -0.1) is 0 Å². The Morgan fingerprint density at radius 2 is 0.432 bits per heavy atom. The Hall–Kier alpha value is 0. The lowest BCUT2D eigenvalue weighted by molar-refractivity contribution is 0.429. The molecule has 0 saturated carbocycles. The first-order valence-corrected chi connectivity index (χ1v) is 18.2. The molecule has 0 N–H and O–H groups in total. The average molecular weight is 521 g/mol. The van der Waals surface area contributed by atoms with Crippen molar-refractivity contribution in [2.24, 2.45) is 11.8 Å². The van der Waals surface area contributed by atoms with Gasteiger partial charge in [-0.2, -0.15) is 0 Å². The molecule has 0 radical (unpaired) electrons. The van der Waals surface area contributed by atoms with Gasteiger partial charge >= 0.3 is 0 Å². The van der Waals surface area contributed by atoms with Crippen molar-refractivity contribution in [3.8, 4) is 0 Å². The van der Waals surface area contributed by atoms with Crippen LogP contribution in [-0.4, -0.2) is 0 Å². The summed E-state index contributed by atoms with van der Waals surface area (Å²) in [6.45, 7) is 9.59. The Labute approximate surface area is 238 Å². The minimum Gasteiger partial charge on any atom is -0.0654 e. The zero-order chi connectivity index (χ0) is 27.1. The first kappa shape index (κ1) is 37.0. The summed E-state index contributed by atoms with van der Waals surface area (Å²) in [5, 5.41) is 0. The molecule has 0 amide bonds. The standard InChI is InChI=1S/C37H76/c1-5-7-9-10-11-12-13-14-15-17-20-24-27-30-34-37(4)35-31-28-25-22-19-16-18-21-23-26-29-33-36(3)32-8-6-2/h36-37H,5-35H2,1-4H3. The van der Waals surface area contributed by atoms with E-state index in [1.807, 2.05) is 0 Å². The molecule has 0 aliphatic heterocycles. The molecule has 224 valence electrons. The molecule has 0 aromatic carbocycles. The van der Waals surface area contributed by atoms with Crippen LogP contribution in [0.2, 0.25) is 0 Å². The Kier molecular flexibility index (Phi) is 32.2. The summed E-state index contributed by atoms with van der Waals surface area (Å²) in [5.41, 5.74) is 0. The highest BCUT2D eigenvalue weighted by atomic mass is 14.1. The van der Waals surface area contributed by atoms with E-state index in [0.29, 0.717) is 0 Å². The summed E-state index contributed by atoms with van der Waals surface area (Å²) in [4.78, 5) is 0. The topological polar surface area (TPSA) is 0 Å². The van der Waals surface area contributed by atoms with Crippen LogP contribution in [0.1, 0.15) is 227 Å². The van der Waals surface area contributed by atoms with E-state index in [0.717, 1.165) is 11.8 Å². The molecule has 0 heteroatoms. The van der Waals surface area contributed by atoms with Gasteiger partial charge in [0.25, 0.3) is 0 Å². The van der Waals surface area contributed by atoms with Crippen molar-refractivity contribution in [1.82, 2.24) is 0 Å². The minimum absolute atomic E-state index is 0.965. The Morgan fingerprint density at radius 1 is 0.243 bits per heavy atom. The fourth-order valence-corrected chi connectivity index (χ4v) is 6.11. The lowest BCUT2D eigenvalue weighted by Gasteiger charge is -2.11. The van der Waals surface area contributed by atoms with Crippen LogP contribution in [-0.2, 0) is 0 Å². The van der Waals surface area contributed by atoms with Gasteiger partial charge in [0.2, 0.25) is 0 Å². The van der Waals surface area contributed by atoms with E-state index < -0.39 is 0 Å². The van der Waals surface area contributed by atoms with Crippen molar-refractivity contribution in [2.75, 3.05) is 0 Å². The monoisotopic (exact) mass is 521 g/mol. The number of unbranched alkanes of at least 4 members (excludes halogenated alkanes) is 24. The second-order valence-corrected chi connectivity index (χ2v) is 13.2. The van der Waals surface area contributed by atoms with E-state index in [1.54, 1.807) is 0 Å². The molecule has 0 rings (SSSR count). The molecule has 37 heavy (non-hydrogen) atoms. The van der Waals surface area contributed by atoms with Crippen LogP contribution >= 0.6 is 0 Å². The maximum Gasteiger partial charge on any atom is -0.0443 e. The molecular formula is C37H76. The zero-order valence-corrected chi connectivity index (χ0v) is 27.1. The summed E-state index contributed by atoms with van der Waals surface area (Å²) in [6, 6.07) is 0. The largest absolute Gasteiger partial charge is 0.0654 e. The second kappa shape index (κ2) is 32.2. The third kappa shape index (κ3) is 32.1. The summed E-state index contributed by atoms with van der Waals surface area (Å²) < 4.78 is 0. The molecular weight excluding hydrogens is 444 g/mol. The van der Waals surface area contributed by atoms with Gasteiger partial charge in [-0.25, -0.2) is 0 Å². The van der Waals surface area contributed by atoms with Crippen LogP contribution in [0.5, 0.6) is 0 Å². The molecule has 0 aliphatic rings. The van der Waals surface area contributed by atoms with Gasteiger partial charge in [-0.05, 0) is 11.8 Å². The molecule has 0 aliphatic carbocycles. The Morgan fingerprint density at radius 3 is 0.676 bits per heavy atom. The van der Waals surface area contributed by atoms with Crippen molar-refractivity contribution in [3.63, 3.8) is 0 Å². The van der Waals surface area contributed by atoms with E-state index in [1.165, 1.54) is 199 Å². The predicted octanol–water partition coefficient (Wildman–Crippen LogP) is 14.4. The summed E-state index contributed by atoms with van der Waals surface area (Å²) in [6.07, 6.45) is 45.6.